The highest BCUT2D eigenvalue weighted by Gasteiger charge is 1.97. The van der Waals surface area contributed by atoms with Crippen molar-refractivity contribution in [3.63, 3.8) is 0 Å². The zero-order chi connectivity index (χ0) is 5.15. The molecule has 0 unspecified atom stereocenters. The van der Waals surface area contributed by atoms with Gasteiger partial charge >= 0.3 is 0 Å². The largest absolute Gasteiger partial charge is 0.286 e. The van der Waals surface area contributed by atoms with Crippen LogP contribution in [-0.2, 0) is 4.79 Å². The molecule has 0 N–H and O–H groups in total. The molecule has 0 aromatic carbocycles. The van der Waals surface area contributed by atoms with Crippen LogP contribution in [-0.4, -0.2) is 4.69 Å². The molecule has 2 heteroatoms. The third-order valence-electron chi connectivity index (χ3n) is 0.454. The molecular formula is C4H7BrO. The molecule has 0 fully saturated rings. The fourth-order valence-corrected chi connectivity index (χ4v) is 0. The molecule has 6 heavy (non-hydrogen) atoms. The molecule has 0 saturated carbocycles. The lowest BCUT2D eigenvalue weighted by Gasteiger charge is -1.88. The van der Waals surface area contributed by atoms with Crippen LogP contribution in [0.2, 0.25) is 0 Å². The van der Waals surface area contributed by atoms with Crippen molar-refractivity contribution in [2.24, 2.45) is 5.92 Å². The van der Waals surface area contributed by atoms with Crippen molar-refractivity contribution < 1.29 is 4.79 Å². The fraction of sp³-hybridized carbons (Fsp3) is 0.750. The Morgan fingerprint density at radius 3 is 1.83 bits per heavy atom. The normalized spacial score (nSPS) is 9.33. The van der Waals surface area contributed by atoms with Gasteiger partial charge in [-0.1, -0.05) is 13.8 Å². The molecule has 0 saturated heterocycles. The van der Waals surface area contributed by atoms with Crippen molar-refractivity contribution >= 4 is 20.6 Å². The number of rotatable bonds is 1. The second-order valence-electron chi connectivity index (χ2n) is 1.46. The summed E-state index contributed by atoms with van der Waals surface area (Å²) in [6.45, 7) is 3.69. The molecule has 0 aromatic rings. The Morgan fingerprint density at radius 2 is 1.83 bits per heavy atom. The van der Waals surface area contributed by atoms with Gasteiger partial charge in [-0.05, 0) is 15.9 Å². The van der Waals surface area contributed by atoms with Gasteiger partial charge in [0.1, 0.15) is 0 Å². The van der Waals surface area contributed by atoms with Crippen LogP contribution in [0.4, 0.5) is 0 Å². The lowest BCUT2D eigenvalue weighted by Crippen LogP contribution is -1.94. The zero-order valence-corrected chi connectivity index (χ0v) is 5.45. The van der Waals surface area contributed by atoms with E-state index in [1.165, 1.54) is 0 Å². The first kappa shape index (κ1) is 6.15. The standard InChI is InChI=1S/C4H7BrO/c1-3(2)4(5)6/h3H,1-2H3. The van der Waals surface area contributed by atoms with E-state index in [0.717, 1.165) is 0 Å². The van der Waals surface area contributed by atoms with E-state index in [2.05, 4.69) is 15.9 Å². The van der Waals surface area contributed by atoms with Gasteiger partial charge in [0.05, 0.1) is 0 Å². The average molecular weight is 151 g/mol. The second-order valence-corrected chi connectivity index (χ2v) is 2.24. The number of carbonyl (C=O) groups is 1. The third kappa shape index (κ3) is 2.39. The van der Waals surface area contributed by atoms with E-state index < -0.39 is 0 Å². The maximum absolute atomic E-state index is 10.1. The molecule has 1 nitrogen and oxygen atoms in total. The Kier molecular flexibility index (Phi) is 2.40. The summed E-state index contributed by atoms with van der Waals surface area (Å²) >= 11 is 2.80. The van der Waals surface area contributed by atoms with Crippen LogP contribution in [0.1, 0.15) is 13.8 Å². The van der Waals surface area contributed by atoms with Gasteiger partial charge < -0.3 is 0 Å². The van der Waals surface area contributed by atoms with Crippen molar-refractivity contribution in [2.75, 3.05) is 0 Å². The van der Waals surface area contributed by atoms with Gasteiger partial charge in [0.15, 0.2) is 4.69 Å². The minimum atomic E-state index is 0.0718. The molecule has 0 radical (unpaired) electrons. The molecule has 0 aliphatic rings. The maximum atomic E-state index is 10.1. The van der Waals surface area contributed by atoms with E-state index in [0.29, 0.717) is 0 Å². The topological polar surface area (TPSA) is 17.1 Å². The SMILES string of the molecule is CC(C)C(=O)Br. The summed E-state index contributed by atoms with van der Waals surface area (Å²) in [6.07, 6.45) is 0. The Hall–Kier alpha value is 0.150. The van der Waals surface area contributed by atoms with Crippen LogP contribution in [0.5, 0.6) is 0 Å². The van der Waals surface area contributed by atoms with E-state index in [1.807, 2.05) is 13.8 Å². The predicted octanol–water partition coefficient (Wildman–Crippen LogP) is 1.56. The molecule has 36 valence electrons. The van der Waals surface area contributed by atoms with Crippen LogP contribution < -0.4 is 0 Å². The van der Waals surface area contributed by atoms with Crippen molar-refractivity contribution in [3.05, 3.63) is 0 Å². The van der Waals surface area contributed by atoms with Crippen LogP contribution in [0.3, 0.4) is 0 Å². The molecule has 0 aromatic heterocycles. The first-order valence-corrected chi connectivity index (χ1v) is 2.63. The second kappa shape index (κ2) is 2.35. The van der Waals surface area contributed by atoms with E-state index >= 15 is 0 Å². The molecular weight excluding hydrogens is 144 g/mol. The summed E-state index contributed by atoms with van der Waals surface area (Å²) in [5.41, 5.74) is 0. The van der Waals surface area contributed by atoms with Crippen molar-refractivity contribution in [1.82, 2.24) is 0 Å². The van der Waals surface area contributed by atoms with E-state index in [-0.39, 0.29) is 10.6 Å². The first-order valence-electron chi connectivity index (χ1n) is 1.84. The Labute approximate surface area is 45.9 Å². The molecule has 0 rings (SSSR count). The Bertz CT molecular complexity index is 58.6. The molecule has 0 atom stereocenters. The lowest BCUT2D eigenvalue weighted by atomic mass is 10.3. The zero-order valence-electron chi connectivity index (χ0n) is 3.86. The van der Waals surface area contributed by atoms with Gasteiger partial charge in [0.2, 0.25) is 0 Å². The number of halogens is 1. The monoisotopic (exact) mass is 150 g/mol. The summed E-state index contributed by atoms with van der Waals surface area (Å²) in [5, 5.41) is 0. The number of hydrogen-bond donors (Lipinski definition) is 0. The highest BCUT2D eigenvalue weighted by atomic mass is 79.9. The Morgan fingerprint density at radius 1 is 1.67 bits per heavy atom. The maximum Gasteiger partial charge on any atom is 0.200 e. The van der Waals surface area contributed by atoms with Crippen LogP contribution in [0, 0.1) is 5.92 Å². The fourth-order valence-electron chi connectivity index (χ4n) is 0. The van der Waals surface area contributed by atoms with E-state index in [9.17, 15) is 4.79 Å². The quantitative estimate of drug-likeness (QED) is 0.519. The summed E-state index contributed by atoms with van der Waals surface area (Å²) in [6, 6.07) is 0. The average Bonchev–Trinajstić information content (AvgIpc) is 1.36. The summed E-state index contributed by atoms with van der Waals surface area (Å²) < 4.78 is 0.0718. The third-order valence-corrected chi connectivity index (χ3v) is 1.37. The molecule has 0 amide bonds. The van der Waals surface area contributed by atoms with Gasteiger partial charge in [-0.2, -0.15) is 0 Å². The minimum Gasteiger partial charge on any atom is -0.286 e. The Balaban J connectivity index is 3.26. The summed E-state index contributed by atoms with van der Waals surface area (Å²) in [7, 11) is 0. The van der Waals surface area contributed by atoms with E-state index in [1.54, 1.807) is 0 Å². The number of hydrogen-bond acceptors (Lipinski definition) is 1. The smallest absolute Gasteiger partial charge is 0.200 e. The molecule has 0 spiro atoms. The van der Waals surface area contributed by atoms with Gasteiger partial charge in [-0.3, -0.25) is 4.79 Å². The number of carbonyl (C=O) groups excluding carboxylic acids is 1. The highest BCUT2D eigenvalue weighted by molar-refractivity contribution is 9.18. The van der Waals surface area contributed by atoms with Gasteiger partial charge in [-0.25, -0.2) is 0 Å². The van der Waals surface area contributed by atoms with Crippen molar-refractivity contribution in [3.8, 4) is 0 Å². The summed E-state index contributed by atoms with van der Waals surface area (Å²) in [5.74, 6) is 0.130. The van der Waals surface area contributed by atoms with Gasteiger partial charge in [0, 0.05) is 5.92 Å². The minimum absolute atomic E-state index is 0.0718. The lowest BCUT2D eigenvalue weighted by molar-refractivity contribution is -0.112. The van der Waals surface area contributed by atoms with Gasteiger partial charge in [-0.15, -0.1) is 0 Å². The van der Waals surface area contributed by atoms with Crippen molar-refractivity contribution in [1.29, 1.82) is 0 Å². The van der Waals surface area contributed by atoms with Crippen LogP contribution in [0.25, 0.3) is 0 Å². The molecule has 0 aliphatic carbocycles. The predicted molar refractivity (Wildman–Crippen MR) is 28.8 cm³/mol. The van der Waals surface area contributed by atoms with Crippen LogP contribution in [0.15, 0.2) is 0 Å². The highest BCUT2D eigenvalue weighted by Crippen LogP contribution is 1.98. The van der Waals surface area contributed by atoms with Gasteiger partial charge in [0.25, 0.3) is 0 Å². The van der Waals surface area contributed by atoms with Crippen LogP contribution >= 0.6 is 15.9 Å². The summed E-state index contributed by atoms with van der Waals surface area (Å²) in [4.78, 5) is 10.1. The molecule has 0 heterocycles. The van der Waals surface area contributed by atoms with Crippen molar-refractivity contribution in [2.45, 2.75) is 13.8 Å². The van der Waals surface area contributed by atoms with E-state index in [4.69, 9.17) is 0 Å². The first-order chi connectivity index (χ1) is 2.64. The molecule has 0 bridgehead atoms. The molecule has 0 aliphatic heterocycles.